The molecule has 1 fully saturated rings. The largest absolute Gasteiger partial charge is 0.494 e. The number of hydrogen-bond donors (Lipinski definition) is 0. The Morgan fingerprint density at radius 1 is 0.643 bits per heavy atom. The quantitative estimate of drug-likeness (QED) is 0.513. The third-order valence-electron chi connectivity index (χ3n) is 5.83. The van der Waals surface area contributed by atoms with Crippen molar-refractivity contribution < 1.29 is 9.31 Å². The average molecular weight is 391 g/mol. The van der Waals surface area contributed by atoms with Crippen LogP contribution < -0.4 is 5.46 Å². The molecule has 0 saturated carbocycles. The Morgan fingerprint density at radius 3 is 1.54 bits per heavy atom. The van der Waals surface area contributed by atoms with E-state index in [1.54, 1.807) is 0 Å². The van der Waals surface area contributed by atoms with Gasteiger partial charge in [0.25, 0.3) is 0 Å². The van der Waals surface area contributed by atoms with Crippen LogP contribution in [-0.4, -0.2) is 18.3 Å². The van der Waals surface area contributed by atoms with E-state index in [4.69, 9.17) is 20.9 Å². The van der Waals surface area contributed by atoms with Crippen molar-refractivity contribution >= 4 is 24.2 Å². The Labute approximate surface area is 172 Å². The molecule has 0 unspecified atom stereocenters. The SMILES string of the molecule is CC1(C)OB(c2ccc(-c3ccccc3-c3ccc(Cl)cc3)cc2)OC1(C)C. The Morgan fingerprint density at radius 2 is 1.07 bits per heavy atom. The predicted molar refractivity (Wildman–Crippen MR) is 118 cm³/mol. The molecule has 2 nitrogen and oxygen atoms in total. The zero-order chi connectivity index (χ0) is 19.9. The van der Waals surface area contributed by atoms with E-state index in [1.807, 2.05) is 12.1 Å². The Balaban J connectivity index is 1.65. The van der Waals surface area contributed by atoms with E-state index in [2.05, 4.69) is 88.4 Å². The molecular weight excluding hydrogens is 367 g/mol. The molecule has 1 saturated heterocycles. The maximum absolute atomic E-state index is 6.17. The summed E-state index contributed by atoms with van der Waals surface area (Å²) in [7, 11) is -0.342. The van der Waals surface area contributed by atoms with Crippen molar-refractivity contribution in [3.8, 4) is 22.3 Å². The van der Waals surface area contributed by atoms with Gasteiger partial charge >= 0.3 is 7.12 Å². The second-order valence-corrected chi connectivity index (χ2v) is 8.70. The van der Waals surface area contributed by atoms with Gasteiger partial charge in [-0.25, -0.2) is 0 Å². The molecule has 4 heteroatoms. The summed E-state index contributed by atoms with van der Waals surface area (Å²) in [4.78, 5) is 0. The number of halogens is 1. The van der Waals surface area contributed by atoms with Crippen molar-refractivity contribution in [2.24, 2.45) is 0 Å². The molecule has 0 N–H and O–H groups in total. The summed E-state index contributed by atoms with van der Waals surface area (Å²) in [5.74, 6) is 0. The normalized spacial score (nSPS) is 17.7. The van der Waals surface area contributed by atoms with Crippen molar-refractivity contribution in [3.63, 3.8) is 0 Å². The van der Waals surface area contributed by atoms with Crippen LogP contribution in [0.4, 0.5) is 0 Å². The van der Waals surface area contributed by atoms with Crippen molar-refractivity contribution in [3.05, 3.63) is 77.8 Å². The summed E-state index contributed by atoms with van der Waals surface area (Å²) in [6.45, 7) is 8.29. The van der Waals surface area contributed by atoms with Crippen LogP contribution >= 0.6 is 11.6 Å². The first-order chi connectivity index (χ1) is 13.3. The third-order valence-corrected chi connectivity index (χ3v) is 6.08. The van der Waals surface area contributed by atoms with E-state index in [1.165, 1.54) is 11.1 Å². The highest BCUT2D eigenvalue weighted by atomic mass is 35.5. The van der Waals surface area contributed by atoms with Gasteiger partial charge in [-0.15, -0.1) is 0 Å². The van der Waals surface area contributed by atoms with Gasteiger partial charge in [0.05, 0.1) is 11.2 Å². The fourth-order valence-electron chi connectivity index (χ4n) is 3.41. The number of hydrogen-bond acceptors (Lipinski definition) is 2. The molecule has 0 spiro atoms. The standard InChI is InChI=1S/C24H24BClO2/c1-23(2)24(3,4)28-25(27-23)19-13-9-17(10-14-19)21-7-5-6-8-22(21)18-11-15-20(26)16-12-18/h5-16H,1-4H3. The highest BCUT2D eigenvalue weighted by Crippen LogP contribution is 2.37. The molecule has 4 rings (SSSR count). The Bertz CT molecular complexity index is 962. The number of benzene rings is 3. The van der Waals surface area contributed by atoms with Crippen LogP contribution in [0.5, 0.6) is 0 Å². The smallest absolute Gasteiger partial charge is 0.399 e. The first kappa shape index (κ1) is 19.3. The van der Waals surface area contributed by atoms with E-state index in [0.29, 0.717) is 0 Å². The van der Waals surface area contributed by atoms with Gasteiger partial charge < -0.3 is 9.31 Å². The zero-order valence-electron chi connectivity index (χ0n) is 16.7. The first-order valence-corrected chi connectivity index (χ1v) is 9.96. The van der Waals surface area contributed by atoms with E-state index in [0.717, 1.165) is 21.6 Å². The molecular formula is C24H24BClO2. The van der Waals surface area contributed by atoms with Crippen LogP contribution in [0.2, 0.25) is 5.02 Å². The topological polar surface area (TPSA) is 18.5 Å². The molecule has 1 aliphatic rings. The van der Waals surface area contributed by atoms with Gasteiger partial charge in [-0.05, 0) is 67.5 Å². The van der Waals surface area contributed by atoms with E-state index < -0.39 is 0 Å². The van der Waals surface area contributed by atoms with Crippen molar-refractivity contribution in [2.45, 2.75) is 38.9 Å². The van der Waals surface area contributed by atoms with Crippen LogP contribution in [0, 0.1) is 0 Å². The molecule has 28 heavy (non-hydrogen) atoms. The van der Waals surface area contributed by atoms with Crippen LogP contribution in [0.25, 0.3) is 22.3 Å². The fourth-order valence-corrected chi connectivity index (χ4v) is 3.54. The van der Waals surface area contributed by atoms with Crippen LogP contribution in [0.15, 0.2) is 72.8 Å². The molecule has 0 atom stereocenters. The minimum Gasteiger partial charge on any atom is -0.399 e. The minimum absolute atomic E-state index is 0.336. The summed E-state index contributed by atoms with van der Waals surface area (Å²) in [6.07, 6.45) is 0. The van der Waals surface area contributed by atoms with Gasteiger partial charge in [0.15, 0.2) is 0 Å². The Kier molecular flexibility index (Phi) is 4.87. The van der Waals surface area contributed by atoms with E-state index >= 15 is 0 Å². The highest BCUT2D eigenvalue weighted by molar-refractivity contribution is 6.62. The molecule has 0 radical (unpaired) electrons. The zero-order valence-corrected chi connectivity index (χ0v) is 17.5. The molecule has 0 amide bonds. The van der Waals surface area contributed by atoms with Crippen molar-refractivity contribution in [1.29, 1.82) is 0 Å². The molecule has 3 aromatic rings. The molecule has 1 aliphatic heterocycles. The lowest BCUT2D eigenvalue weighted by atomic mass is 9.78. The van der Waals surface area contributed by atoms with Crippen LogP contribution in [0.3, 0.4) is 0 Å². The van der Waals surface area contributed by atoms with E-state index in [9.17, 15) is 0 Å². The highest BCUT2D eigenvalue weighted by Gasteiger charge is 2.51. The molecule has 0 aliphatic carbocycles. The summed E-state index contributed by atoms with van der Waals surface area (Å²) in [6, 6.07) is 24.8. The van der Waals surface area contributed by atoms with Crippen molar-refractivity contribution in [1.82, 2.24) is 0 Å². The van der Waals surface area contributed by atoms with Gasteiger partial charge in [-0.2, -0.15) is 0 Å². The molecule has 0 bridgehead atoms. The second kappa shape index (κ2) is 7.07. The van der Waals surface area contributed by atoms with Gasteiger partial charge in [0.2, 0.25) is 0 Å². The molecule has 3 aromatic carbocycles. The molecule has 0 aromatic heterocycles. The third kappa shape index (κ3) is 3.50. The summed E-state index contributed by atoms with van der Waals surface area (Å²) in [5, 5.41) is 0.744. The summed E-state index contributed by atoms with van der Waals surface area (Å²) in [5.41, 5.74) is 5.04. The maximum atomic E-state index is 6.17. The summed E-state index contributed by atoms with van der Waals surface area (Å²) < 4.78 is 12.3. The minimum atomic E-state index is -0.342. The van der Waals surface area contributed by atoms with Crippen molar-refractivity contribution in [2.75, 3.05) is 0 Å². The lowest BCUT2D eigenvalue weighted by Gasteiger charge is -2.32. The lowest BCUT2D eigenvalue weighted by Crippen LogP contribution is -2.41. The number of rotatable bonds is 3. The van der Waals surface area contributed by atoms with Gasteiger partial charge in [0, 0.05) is 5.02 Å². The predicted octanol–water partition coefficient (Wildman–Crippen LogP) is 5.97. The monoisotopic (exact) mass is 390 g/mol. The summed E-state index contributed by atoms with van der Waals surface area (Å²) >= 11 is 6.05. The fraction of sp³-hybridized carbons (Fsp3) is 0.250. The maximum Gasteiger partial charge on any atom is 0.494 e. The van der Waals surface area contributed by atoms with Gasteiger partial charge in [0.1, 0.15) is 0 Å². The molecule has 1 heterocycles. The van der Waals surface area contributed by atoms with Crippen LogP contribution in [-0.2, 0) is 9.31 Å². The molecule has 142 valence electrons. The lowest BCUT2D eigenvalue weighted by molar-refractivity contribution is 0.00578. The first-order valence-electron chi connectivity index (χ1n) is 9.58. The Hall–Kier alpha value is -2.07. The van der Waals surface area contributed by atoms with E-state index in [-0.39, 0.29) is 18.3 Å². The van der Waals surface area contributed by atoms with Crippen LogP contribution in [0.1, 0.15) is 27.7 Å². The average Bonchev–Trinajstić information content (AvgIpc) is 2.90. The van der Waals surface area contributed by atoms with Gasteiger partial charge in [-0.1, -0.05) is 72.3 Å². The van der Waals surface area contributed by atoms with Gasteiger partial charge in [-0.3, -0.25) is 0 Å². The second-order valence-electron chi connectivity index (χ2n) is 8.26.